The molecule has 1 N–H and O–H groups in total. The molecule has 0 radical (unpaired) electrons. The summed E-state index contributed by atoms with van der Waals surface area (Å²) in [5, 5.41) is 2.85. The van der Waals surface area contributed by atoms with Crippen LogP contribution in [0.15, 0.2) is 72.8 Å². The molecule has 0 unspecified atom stereocenters. The Labute approximate surface area is 174 Å². The Balaban J connectivity index is 1.70. The molecule has 0 saturated heterocycles. The van der Waals surface area contributed by atoms with Crippen LogP contribution in [0, 0.1) is 5.82 Å². The number of nitrogens with one attached hydrogen (secondary N) is 1. The molecule has 152 valence electrons. The minimum Gasteiger partial charge on any atom is -0.465 e. The molecule has 0 saturated carbocycles. The summed E-state index contributed by atoms with van der Waals surface area (Å²) in [7, 11) is 1.30. The molecule has 1 aliphatic rings. The molecule has 0 spiro atoms. The van der Waals surface area contributed by atoms with E-state index in [2.05, 4.69) is 5.32 Å². The van der Waals surface area contributed by atoms with Crippen molar-refractivity contribution in [1.82, 2.24) is 4.90 Å². The maximum Gasteiger partial charge on any atom is 0.339 e. The maximum absolute atomic E-state index is 13.5. The molecule has 0 bridgehead atoms. The lowest BCUT2D eigenvalue weighted by atomic mass is 9.88. The van der Waals surface area contributed by atoms with Crippen molar-refractivity contribution >= 4 is 17.7 Å². The number of carbonyl (C=O) groups is 2. The summed E-state index contributed by atoms with van der Waals surface area (Å²) < 4.78 is 18.3. The summed E-state index contributed by atoms with van der Waals surface area (Å²) in [6, 6.07) is 20.2. The quantitative estimate of drug-likeness (QED) is 0.639. The van der Waals surface area contributed by atoms with Crippen molar-refractivity contribution in [2.75, 3.05) is 19.0 Å². The van der Waals surface area contributed by atoms with Crippen molar-refractivity contribution in [1.29, 1.82) is 0 Å². The van der Waals surface area contributed by atoms with Gasteiger partial charge < -0.3 is 15.0 Å². The van der Waals surface area contributed by atoms with Crippen molar-refractivity contribution in [2.45, 2.75) is 12.5 Å². The summed E-state index contributed by atoms with van der Waals surface area (Å²) in [4.78, 5) is 27.0. The summed E-state index contributed by atoms with van der Waals surface area (Å²) in [5.74, 6) is -0.851. The monoisotopic (exact) mass is 404 g/mol. The fourth-order valence-electron chi connectivity index (χ4n) is 3.86. The number of nitrogens with zero attached hydrogens (tertiary/aromatic N) is 1. The zero-order chi connectivity index (χ0) is 21.1. The second kappa shape index (κ2) is 8.37. The van der Waals surface area contributed by atoms with E-state index in [1.807, 2.05) is 24.3 Å². The zero-order valence-electron chi connectivity index (χ0n) is 16.5. The number of fused-ring (bicyclic) bond motifs is 1. The van der Waals surface area contributed by atoms with Gasteiger partial charge in [-0.15, -0.1) is 0 Å². The summed E-state index contributed by atoms with van der Waals surface area (Å²) >= 11 is 0. The Kier molecular flexibility index (Phi) is 5.48. The maximum atomic E-state index is 13.5. The lowest BCUT2D eigenvalue weighted by Crippen LogP contribution is -2.43. The lowest BCUT2D eigenvalue weighted by molar-refractivity contribution is 0.0602. The van der Waals surface area contributed by atoms with Gasteiger partial charge in [-0.1, -0.05) is 48.5 Å². The Bertz CT molecular complexity index is 1080. The van der Waals surface area contributed by atoms with Crippen molar-refractivity contribution in [2.24, 2.45) is 0 Å². The number of para-hydroxylation sites is 1. The minimum atomic E-state index is -0.523. The molecule has 3 aromatic carbocycles. The van der Waals surface area contributed by atoms with Crippen LogP contribution in [0.5, 0.6) is 0 Å². The van der Waals surface area contributed by atoms with Crippen LogP contribution in [0.3, 0.4) is 0 Å². The largest absolute Gasteiger partial charge is 0.465 e. The first kappa shape index (κ1) is 19.6. The topological polar surface area (TPSA) is 58.6 Å². The molecule has 5 nitrogen and oxygen atoms in total. The third-order valence-electron chi connectivity index (χ3n) is 5.30. The predicted octanol–water partition coefficient (Wildman–Crippen LogP) is 4.79. The van der Waals surface area contributed by atoms with Crippen LogP contribution in [0.4, 0.5) is 14.9 Å². The van der Waals surface area contributed by atoms with Crippen LogP contribution in [-0.2, 0) is 11.2 Å². The van der Waals surface area contributed by atoms with E-state index in [1.165, 1.54) is 19.2 Å². The summed E-state index contributed by atoms with van der Waals surface area (Å²) in [6.45, 7) is 0.491. The Morgan fingerprint density at radius 2 is 1.70 bits per heavy atom. The molecule has 3 aromatic rings. The van der Waals surface area contributed by atoms with Gasteiger partial charge in [0, 0.05) is 6.54 Å². The highest BCUT2D eigenvalue weighted by Crippen LogP contribution is 2.35. The normalized spacial score (nSPS) is 15.3. The van der Waals surface area contributed by atoms with Gasteiger partial charge in [0.2, 0.25) is 0 Å². The number of halogens is 1. The predicted molar refractivity (Wildman–Crippen MR) is 112 cm³/mol. The van der Waals surface area contributed by atoms with Crippen LogP contribution < -0.4 is 5.32 Å². The number of rotatable bonds is 3. The number of anilines is 1. The number of ether oxygens (including phenoxy) is 1. The highest BCUT2D eigenvalue weighted by molar-refractivity contribution is 6.01. The molecule has 1 aliphatic heterocycles. The second-order valence-corrected chi connectivity index (χ2v) is 7.06. The molecule has 0 aliphatic carbocycles. The molecule has 30 heavy (non-hydrogen) atoms. The molecule has 0 fully saturated rings. The van der Waals surface area contributed by atoms with Crippen molar-refractivity contribution < 1.29 is 18.7 Å². The van der Waals surface area contributed by atoms with E-state index in [-0.39, 0.29) is 23.5 Å². The van der Waals surface area contributed by atoms with E-state index < -0.39 is 5.97 Å². The number of methoxy groups -OCH3 is 1. The van der Waals surface area contributed by atoms with Crippen LogP contribution >= 0.6 is 0 Å². The van der Waals surface area contributed by atoms with Gasteiger partial charge in [-0.05, 0) is 47.4 Å². The van der Waals surface area contributed by atoms with E-state index in [1.54, 1.807) is 41.3 Å². The standard InChI is InChI=1S/C24H21FN2O3/c1-30-23(28)20-8-4-5-9-21(20)26-24(29)27-15-14-16-6-2-3-7-19(16)22(27)17-10-12-18(25)13-11-17/h2-13,22H,14-15H2,1H3,(H,26,29)/t22-/m0/s1. The van der Waals surface area contributed by atoms with Crippen LogP contribution in [0.1, 0.15) is 33.1 Å². The van der Waals surface area contributed by atoms with Gasteiger partial charge in [-0.2, -0.15) is 0 Å². The first-order chi connectivity index (χ1) is 14.6. The van der Waals surface area contributed by atoms with Gasteiger partial charge in [0.15, 0.2) is 0 Å². The first-order valence-corrected chi connectivity index (χ1v) is 9.66. The van der Waals surface area contributed by atoms with Crippen molar-refractivity contribution in [3.63, 3.8) is 0 Å². The number of amides is 2. The van der Waals surface area contributed by atoms with Gasteiger partial charge in [0.05, 0.1) is 24.4 Å². The molecule has 4 rings (SSSR count). The third-order valence-corrected chi connectivity index (χ3v) is 5.30. The van der Waals surface area contributed by atoms with E-state index in [0.717, 1.165) is 16.7 Å². The number of benzene rings is 3. The van der Waals surface area contributed by atoms with Gasteiger partial charge in [0.1, 0.15) is 5.82 Å². The van der Waals surface area contributed by atoms with Gasteiger partial charge in [-0.3, -0.25) is 0 Å². The highest BCUT2D eigenvalue weighted by atomic mass is 19.1. The summed E-state index contributed by atoms with van der Waals surface area (Å²) in [5.41, 5.74) is 3.65. The fraction of sp³-hybridized carbons (Fsp3) is 0.167. The second-order valence-electron chi connectivity index (χ2n) is 7.06. The minimum absolute atomic E-state index is 0.282. The highest BCUT2D eigenvalue weighted by Gasteiger charge is 2.32. The molecule has 0 aromatic heterocycles. The number of carbonyl (C=O) groups excluding carboxylic acids is 2. The third kappa shape index (κ3) is 3.76. The molecule has 6 heteroatoms. The molecular weight excluding hydrogens is 383 g/mol. The number of urea groups is 1. The van der Waals surface area contributed by atoms with Gasteiger partial charge in [-0.25, -0.2) is 14.0 Å². The van der Waals surface area contributed by atoms with E-state index in [9.17, 15) is 14.0 Å². The smallest absolute Gasteiger partial charge is 0.339 e. The Hall–Kier alpha value is -3.67. The average Bonchev–Trinajstić information content (AvgIpc) is 2.78. The van der Waals surface area contributed by atoms with Crippen LogP contribution in [-0.4, -0.2) is 30.6 Å². The zero-order valence-corrected chi connectivity index (χ0v) is 16.5. The molecular formula is C24H21FN2O3. The molecule has 1 heterocycles. The molecule has 1 atom stereocenters. The van der Waals surface area contributed by atoms with E-state index in [4.69, 9.17) is 4.74 Å². The van der Waals surface area contributed by atoms with E-state index in [0.29, 0.717) is 18.7 Å². The number of hydrogen-bond acceptors (Lipinski definition) is 3. The fourth-order valence-corrected chi connectivity index (χ4v) is 3.86. The van der Waals surface area contributed by atoms with Crippen LogP contribution in [0.2, 0.25) is 0 Å². The van der Waals surface area contributed by atoms with Gasteiger partial charge >= 0.3 is 12.0 Å². The Morgan fingerprint density at radius 3 is 2.47 bits per heavy atom. The van der Waals surface area contributed by atoms with Gasteiger partial charge in [0.25, 0.3) is 0 Å². The van der Waals surface area contributed by atoms with E-state index >= 15 is 0 Å². The number of esters is 1. The molecule has 2 amide bonds. The van der Waals surface area contributed by atoms with Crippen molar-refractivity contribution in [3.8, 4) is 0 Å². The first-order valence-electron chi connectivity index (χ1n) is 9.66. The average molecular weight is 404 g/mol. The summed E-state index contributed by atoms with van der Waals surface area (Å²) in [6.07, 6.45) is 0.708. The Morgan fingerprint density at radius 1 is 1.00 bits per heavy atom. The van der Waals surface area contributed by atoms with Crippen LogP contribution in [0.25, 0.3) is 0 Å². The van der Waals surface area contributed by atoms with Crippen molar-refractivity contribution in [3.05, 3.63) is 101 Å². The lowest BCUT2D eigenvalue weighted by Gasteiger charge is -2.37. The SMILES string of the molecule is COC(=O)c1ccccc1NC(=O)N1CCc2ccccc2[C@@H]1c1ccc(F)cc1. The number of hydrogen-bond donors (Lipinski definition) is 1.